The second-order valence-corrected chi connectivity index (χ2v) is 4.49. The molecule has 0 aromatic heterocycles. The Morgan fingerprint density at radius 3 is 2.38 bits per heavy atom. The van der Waals surface area contributed by atoms with E-state index < -0.39 is 0 Å². The van der Waals surface area contributed by atoms with Gasteiger partial charge in [-0.2, -0.15) is 0 Å². The molecule has 6 nitrogen and oxygen atoms in total. The lowest BCUT2D eigenvalue weighted by Crippen LogP contribution is -2.37. The van der Waals surface area contributed by atoms with Crippen LogP contribution in [0.2, 0.25) is 0 Å². The van der Waals surface area contributed by atoms with Gasteiger partial charge in [-0.1, -0.05) is 19.0 Å². The molecule has 0 aromatic carbocycles. The largest absolute Gasteiger partial charge is 0.409 e. The van der Waals surface area contributed by atoms with E-state index in [9.17, 15) is 0 Å². The van der Waals surface area contributed by atoms with Gasteiger partial charge in [-0.3, -0.25) is 0 Å². The molecular weight excluding hydrogens is 210 g/mol. The van der Waals surface area contributed by atoms with Crippen molar-refractivity contribution in [3.63, 3.8) is 0 Å². The molecule has 0 heterocycles. The fourth-order valence-electron chi connectivity index (χ4n) is 1.29. The van der Waals surface area contributed by atoms with Crippen LogP contribution in [-0.2, 0) is 0 Å². The quantitative estimate of drug-likeness (QED) is 0.127. The summed E-state index contributed by atoms with van der Waals surface area (Å²) in [5.41, 5.74) is 5.20. The van der Waals surface area contributed by atoms with Crippen molar-refractivity contribution < 1.29 is 15.4 Å². The van der Waals surface area contributed by atoms with E-state index in [1.807, 2.05) is 13.8 Å². The van der Waals surface area contributed by atoms with E-state index in [1.54, 1.807) is 0 Å². The van der Waals surface area contributed by atoms with E-state index in [-0.39, 0.29) is 30.5 Å². The molecule has 0 aliphatic heterocycles. The first-order valence-corrected chi connectivity index (χ1v) is 5.41. The molecule has 0 amide bonds. The minimum absolute atomic E-state index is 0.0832. The van der Waals surface area contributed by atoms with Crippen LogP contribution in [0.4, 0.5) is 0 Å². The highest BCUT2D eigenvalue weighted by atomic mass is 16.4. The minimum Gasteiger partial charge on any atom is -0.409 e. The van der Waals surface area contributed by atoms with Crippen LogP contribution in [-0.4, -0.2) is 47.1 Å². The number of hydrogen-bond donors (Lipinski definition) is 5. The number of nitrogens with one attached hydrogen (secondary N) is 1. The summed E-state index contributed by atoms with van der Waals surface area (Å²) in [4.78, 5) is 0. The number of aliphatic hydroxyl groups excluding tert-OH is 2. The zero-order valence-corrected chi connectivity index (χ0v) is 9.98. The number of hydrogen-bond acceptors (Lipinski definition) is 5. The summed E-state index contributed by atoms with van der Waals surface area (Å²) >= 11 is 0. The van der Waals surface area contributed by atoms with Crippen LogP contribution >= 0.6 is 0 Å². The Kier molecular flexibility index (Phi) is 7.03. The first-order valence-electron chi connectivity index (χ1n) is 5.41. The van der Waals surface area contributed by atoms with Crippen LogP contribution in [0.3, 0.4) is 0 Å². The van der Waals surface area contributed by atoms with Crippen LogP contribution in [0.25, 0.3) is 0 Å². The van der Waals surface area contributed by atoms with Gasteiger partial charge >= 0.3 is 0 Å². The molecule has 0 radical (unpaired) electrons. The third-order valence-corrected chi connectivity index (χ3v) is 2.65. The third-order valence-electron chi connectivity index (χ3n) is 2.65. The Bertz CT molecular complexity index is 215. The van der Waals surface area contributed by atoms with Crippen molar-refractivity contribution >= 4 is 5.84 Å². The number of amidine groups is 1. The highest BCUT2D eigenvalue weighted by molar-refractivity contribution is 5.85. The molecule has 0 saturated heterocycles. The number of oxime groups is 1. The summed E-state index contributed by atoms with van der Waals surface area (Å²) in [6.45, 7) is 4.31. The van der Waals surface area contributed by atoms with E-state index in [1.165, 1.54) is 0 Å². The van der Waals surface area contributed by atoms with Crippen molar-refractivity contribution in [2.75, 3.05) is 19.8 Å². The highest BCUT2D eigenvalue weighted by Crippen LogP contribution is 2.21. The molecule has 0 aromatic rings. The van der Waals surface area contributed by atoms with Crippen LogP contribution < -0.4 is 11.1 Å². The second-order valence-electron chi connectivity index (χ2n) is 4.49. The van der Waals surface area contributed by atoms with Crippen LogP contribution in [0, 0.1) is 5.41 Å². The van der Waals surface area contributed by atoms with Crippen molar-refractivity contribution in [1.82, 2.24) is 5.32 Å². The molecule has 0 rings (SSSR count). The average Bonchev–Trinajstić information content (AvgIpc) is 2.28. The van der Waals surface area contributed by atoms with E-state index in [4.69, 9.17) is 21.2 Å². The van der Waals surface area contributed by atoms with Gasteiger partial charge in [0.15, 0.2) is 0 Å². The molecule has 0 atom stereocenters. The third kappa shape index (κ3) is 5.29. The van der Waals surface area contributed by atoms with E-state index in [2.05, 4.69) is 10.5 Å². The standard InChI is InChI=1S/C10H23N3O3/c1-10(2,9(11)13-16)4-3-5-12-8(6-14)7-15/h8,12,14-16H,3-7H2,1-2H3,(H2,11,13). The molecule has 0 aliphatic rings. The molecule has 16 heavy (non-hydrogen) atoms. The van der Waals surface area contributed by atoms with Gasteiger partial charge in [0, 0.05) is 5.41 Å². The van der Waals surface area contributed by atoms with Crippen LogP contribution in [0.15, 0.2) is 5.16 Å². The first-order chi connectivity index (χ1) is 7.47. The molecule has 0 bridgehead atoms. The van der Waals surface area contributed by atoms with Crippen LogP contribution in [0.5, 0.6) is 0 Å². The topological polar surface area (TPSA) is 111 Å². The van der Waals surface area contributed by atoms with Gasteiger partial charge in [-0.25, -0.2) is 0 Å². The molecule has 0 spiro atoms. The lowest BCUT2D eigenvalue weighted by atomic mass is 9.86. The molecule has 0 saturated carbocycles. The fraction of sp³-hybridized carbons (Fsp3) is 0.900. The predicted octanol–water partition coefficient (Wildman–Crippen LogP) is -0.518. The van der Waals surface area contributed by atoms with Gasteiger partial charge in [-0.05, 0) is 19.4 Å². The smallest absolute Gasteiger partial charge is 0.144 e. The molecule has 0 aliphatic carbocycles. The Balaban J connectivity index is 3.81. The molecule has 96 valence electrons. The number of nitrogens with two attached hydrogens (primary N) is 1. The maximum Gasteiger partial charge on any atom is 0.144 e. The first kappa shape index (κ1) is 15.2. The normalized spacial score (nSPS) is 13.4. The van der Waals surface area contributed by atoms with Gasteiger partial charge in [0.1, 0.15) is 5.84 Å². The fourth-order valence-corrected chi connectivity index (χ4v) is 1.29. The minimum atomic E-state index is -0.343. The summed E-state index contributed by atoms with van der Waals surface area (Å²) in [6.07, 6.45) is 1.58. The van der Waals surface area contributed by atoms with Crippen molar-refractivity contribution in [3.8, 4) is 0 Å². The lowest BCUT2D eigenvalue weighted by Gasteiger charge is -2.23. The molecule has 0 unspecified atom stereocenters. The maximum atomic E-state index is 8.82. The van der Waals surface area contributed by atoms with Crippen molar-refractivity contribution in [3.05, 3.63) is 0 Å². The molecule has 6 N–H and O–H groups in total. The van der Waals surface area contributed by atoms with Crippen LogP contribution in [0.1, 0.15) is 26.7 Å². The van der Waals surface area contributed by atoms with Gasteiger partial charge < -0.3 is 26.5 Å². The molecular formula is C10H23N3O3. The maximum absolute atomic E-state index is 8.82. The molecule has 0 fully saturated rings. The lowest BCUT2D eigenvalue weighted by molar-refractivity contribution is 0.170. The Morgan fingerprint density at radius 2 is 1.94 bits per heavy atom. The Morgan fingerprint density at radius 1 is 1.38 bits per heavy atom. The number of nitrogens with zero attached hydrogens (tertiary/aromatic N) is 1. The zero-order chi connectivity index (χ0) is 12.6. The van der Waals surface area contributed by atoms with E-state index >= 15 is 0 Å². The highest BCUT2D eigenvalue weighted by Gasteiger charge is 2.22. The number of aliphatic hydroxyl groups is 2. The van der Waals surface area contributed by atoms with E-state index in [0.717, 1.165) is 12.8 Å². The monoisotopic (exact) mass is 233 g/mol. The summed E-state index contributed by atoms with van der Waals surface area (Å²) < 4.78 is 0. The van der Waals surface area contributed by atoms with Gasteiger partial charge in [0.25, 0.3) is 0 Å². The van der Waals surface area contributed by atoms with Gasteiger partial charge in [0.2, 0.25) is 0 Å². The number of rotatable bonds is 8. The van der Waals surface area contributed by atoms with E-state index in [0.29, 0.717) is 6.54 Å². The summed E-state index contributed by atoms with van der Waals surface area (Å²) in [5.74, 6) is 0.216. The summed E-state index contributed by atoms with van der Waals surface area (Å²) in [5, 5.41) is 32.2. The Labute approximate surface area is 96.1 Å². The summed E-state index contributed by atoms with van der Waals surface area (Å²) in [7, 11) is 0. The van der Waals surface area contributed by atoms with Gasteiger partial charge in [0.05, 0.1) is 19.3 Å². The SMILES string of the molecule is CC(C)(CCCNC(CO)CO)C(N)=NO. The second kappa shape index (κ2) is 7.43. The predicted molar refractivity (Wildman–Crippen MR) is 62.4 cm³/mol. The van der Waals surface area contributed by atoms with Crippen molar-refractivity contribution in [1.29, 1.82) is 0 Å². The average molecular weight is 233 g/mol. The summed E-state index contributed by atoms with van der Waals surface area (Å²) in [6, 6.07) is -0.271. The zero-order valence-electron chi connectivity index (χ0n) is 9.98. The van der Waals surface area contributed by atoms with Crippen molar-refractivity contribution in [2.24, 2.45) is 16.3 Å². The van der Waals surface area contributed by atoms with Gasteiger partial charge in [-0.15, -0.1) is 0 Å². The van der Waals surface area contributed by atoms with Crippen molar-refractivity contribution in [2.45, 2.75) is 32.7 Å². The Hall–Kier alpha value is -0.850. The molecule has 6 heteroatoms.